The summed E-state index contributed by atoms with van der Waals surface area (Å²) in [5.74, 6) is 1.46. The van der Waals surface area contributed by atoms with E-state index in [9.17, 15) is 9.90 Å². The summed E-state index contributed by atoms with van der Waals surface area (Å²) < 4.78 is 0. The zero-order valence-electron chi connectivity index (χ0n) is 17.6. The van der Waals surface area contributed by atoms with Crippen LogP contribution in [0.3, 0.4) is 0 Å². The quantitative estimate of drug-likeness (QED) is 0.712. The third-order valence-corrected chi connectivity index (χ3v) is 6.17. The Bertz CT molecular complexity index is 918. The maximum Gasteiger partial charge on any atom is 0.252 e. The summed E-state index contributed by atoms with van der Waals surface area (Å²) >= 11 is 0. The van der Waals surface area contributed by atoms with Crippen molar-refractivity contribution in [2.24, 2.45) is 5.92 Å². The lowest BCUT2D eigenvalue weighted by atomic mass is 9.76. The van der Waals surface area contributed by atoms with Gasteiger partial charge < -0.3 is 20.6 Å². The van der Waals surface area contributed by atoms with Gasteiger partial charge in [-0.2, -0.15) is 0 Å². The van der Waals surface area contributed by atoms with Crippen LogP contribution in [0.5, 0.6) is 0 Å². The van der Waals surface area contributed by atoms with E-state index >= 15 is 0 Å². The average Bonchev–Trinajstić information content (AvgIpc) is 2.76. The fourth-order valence-corrected chi connectivity index (χ4v) is 4.58. The molecule has 2 heterocycles. The van der Waals surface area contributed by atoms with Crippen molar-refractivity contribution in [2.45, 2.75) is 44.4 Å². The number of nitrogens with one attached hydrogen (secondary N) is 2. The molecule has 1 fully saturated rings. The number of nitrogens with zero attached hydrogens (tertiary/aromatic N) is 2. The number of aliphatic hydroxyl groups excluding tert-OH is 1. The highest BCUT2D eigenvalue weighted by Crippen LogP contribution is 2.39. The van der Waals surface area contributed by atoms with Crippen molar-refractivity contribution in [1.82, 2.24) is 15.6 Å². The zero-order valence-corrected chi connectivity index (χ0v) is 17.6. The molecular formula is C24H30N4O2. The summed E-state index contributed by atoms with van der Waals surface area (Å²) in [7, 11) is 3.90. The average molecular weight is 407 g/mol. The molecule has 0 bridgehead atoms. The van der Waals surface area contributed by atoms with E-state index in [1.807, 2.05) is 37.2 Å². The summed E-state index contributed by atoms with van der Waals surface area (Å²) in [5.41, 5.74) is 3.81. The molecule has 1 aromatic heterocycles. The smallest absolute Gasteiger partial charge is 0.252 e. The fourth-order valence-electron chi connectivity index (χ4n) is 4.58. The van der Waals surface area contributed by atoms with Gasteiger partial charge in [-0.3, -0.25) is 4.79 Å². The number of anilines is 1. The van der Waals surface area contributed by atoms with Gasteiger partial charge in [-0.05, 0) is 55.2 Å². The van der Waals surface area contributed by atoms with Crippen LogP contribution < -0.4 is 15.5 Å². The SMILES string of the molecule is CN(C)c1cccc(CC2=C([C@H]3CC[C@H](c4ccccc4)CC3)NC(O)NC2=O)n1. The maximum absolute atomic E-state index is 12.8. The first-order valence-electron chi connectivity index (χ1n) is 10.7. The van der Waals surface area contributed by atoms with Crippen LogP contribution >= 0.6 is 0 Å². The number of rotatable bonds is 5. The molecule has 2 aromatic rings. The molecule has 1 atom stereocenters. The number of aromatic nitrogens is 1. The first kappa shape index (κ1) is 20.4. The molecule has 158 valence electrons. The Hall–Kier alpha value is -2.86. The number of benzene rings is 1. The van der Waals surface area contributed by atoms with Crippen molar-refractivity contribution in [1.29, 1.82) is 0 Å². The van der Waals surface area contributed by atoms with Gasteiger partial charge in [-0.1, -0.05) is 36.4 Å². The van der Waals surface area contributed by atoms with E-state index < -0.39 is 6.35 Å². The van der Waals surface area contributed by atoms with Gasteiger partial charge in [0.15, 0.2) is 0 Å². The van der Waals surface area contributed by atoms with Crippen molar-refractivity contribution in [2.75, 3.05) is 19.0 Å². The molecule has 1 aliphatic carbocycles. The minimum atomic E-state index is -1.04. The van der Waals surface area contributed by atoms with Crippen LogP contribution in [-0.2, 0) is 11.2 Å². The minimum Gasteiger partial charge on any atom is -0.363 e. The van der Waals surface area contributed by atoms with Gasteiger partial charge in [0.05, 0.1) is 0 Å². The number of amides is 1. The van der Waals surface area contributed by atoms with Gasteiger partial charge in [0.25, 0.3) is 5.91 Å². The summed E-state index contributed by atoms with van der Waals surface area (Å²) in [4.78, 5) is 19.4. The van der Waals surface area contributed by atoms with E-state index in [1.165, 1.54) is 5.56 Å². The Labute approximate surface area is 178 Å². The van der Waals surface area contributed by atoms with Gasteiger partial charge in [0.2, 0.25) is 6.35 Å². The van der Waals surface area contributed by atoms with Crippen LogP contribution in [0.2, 0.25) is 0 Å². The van der Waals surface area contributed by atoms with E-state index in [0.717, 1.165) is 42.9 Å². The highest BCUT2D eigenvalue weighted by molar-refractivity contribution is 5.95. The summed E-state index contributed by atoms with van der Waals surface area (Å²) in [6.45, 7) is 0. The second kappa shape index (κ2) is 8.88. The fraction of sp³-hybridized carbons (Fsp3) is 0.417. The van der Waals surface area contributed by atoms with E-state index in [4.69, 9.17) is 0 Å². The highest BCUT2D eigenvalue weighted by Gasteiger charge is 2.32. The van der Waals surface area contributed by atoms with Crippen molar-refractivity contribution in [3.05, 3.63) is 71.1 Å². The van der Waals surface area contributed by atoms with Crippen LogP contribution in [0, 0.1) is 5.92 Å². The maximum atomic E-state index is 12.8. The molecule has 1 amide bonds. The Morgan fingerprint density at radius 1 is 0.967 bits per heavy atom. The molecule has 4 rings (SSSR count). The predicted octanol–water partition coefficient (Wildman–Crippen LogP) is 2.91. The molecule has 6 nitrogen and oxygen atoms in total. The van der Waals surface area contributed by atoms with E-state index in [-0.39, 0.29) is 11.8 Å². The monoisotopic (exact) mass is 406 g/mol. The summed E-state index contributed by atoms with van der Waals surface area (Å²) in [5, 5.41) is 15.9. The van der Waals surface area contributed by atoms with Gasteiger partial charge in [-0.15, -0.1) is 0 Å². The number of hydrogen-bond donors (Lipinski definition) is 3. The predicted molar refractivity (Wildman–Crippen MR) is 118 cm³/mol. The molecule has 0 saturated heterocycles. The Kier molecular flexibility index (Phi) is 6.04. The molecule has 3 N–H and O–H groups in total. The topological polar surface area (TPSA) is 77.5 Å². The van der Waals surface area contributed by atoms with Crippen LogP contribution in [0.4, 0.5) is 5.82 Å². The van der Waals surface area contributed by atoms with Crippen LogP contribution in [0.25, 0.3) is 0 Å². The van der Waals surface area contributed by atoms with Gasteiger partial charge in [0, 0.05) is 37.5 Å². The first-order chi connectivity index (χ1) is 14.5. The first-order valence-corrected chi connectivity index (χ1v) is 10.7. The lowest BCUT2D eigenvalue weighted by Crippen LogP contribution is -2.52. The third kappa shape index (κ3) is 4.49. The van der Waals surface area contributed by atoms with Crippen molar-refractivity contribution in [3.8, 4) is 0 Å². The summed E-state index contributed by atoms with van der Waals surface area (Å²) in [6, 6.07) is 16.5. The standard InChI is InChI=1S/C24H30N4O2/c1-28(2)21-10-6-9-19(25-21)15-20-22(26-24(30)27-23(20)29)18-13-11-17(12-14-18)16-7-4-3-5-8-16/h3-10,17-18,24,26,30H,11-15H2,1-2H3,(H,27,29)/t17-,18-,24?. The molecule has 6 heteroatoms. The largest absolute Gasteiger partial charge is 0.363 e. The van der Waals surface area contributed by atoms with Crippen molar-refractivity contribution < 1.29 is 9.90 Å². The lowest BCUT2D eigenvalue weighted by Gasteiger charge is -2.35. The number of allylic oxidation sites excluding steroid dienone is 1. The lowest BCUT2D eigenvalue weighted by molar-refractivity contribution is -0.122. The second-order valence-electron chi connectivity index (χ2n) is 8.43. The van der Waals surface area contributed by atoms with Gasteiger partial charge in [-0.25, -0.2) is 4.98 Å². The minimum absolute atomic E-state index is 0.210. The number of aliphatic hydroxyl groups is 1. The number of pyridine rings is 1. The summed E-state index contributed by atoms with van der Waals surface area (Å²) in [6.07, 6.45) is 3.57. The van der Waals surface area contributed by atoms with E-state index in [1.54, 1.807) is 0 Å². The van der Waals surface area contributed by atoms with Gasteiger partial charge >= 0.3 is 0 Å². The van der Waals surface area contributed by atoms with E-state index in [2.05, 4.69) is 45.9 Å². The molecule has 1 aromatic carbocycles. The number of carbonyl (C=O) groups excluding carboxylic acids is 1. The molecule has 2 aliphatic rings. The Morgan fingerprint density at radius 3 is 2.37 bits per heavy atom. The second-order valence-corrected chi connectivity index (χ2v) is 8.43. The Balaban J connectivity index is 1.55. The molecule has 1 saturated carbocycles. The normalized spacial score (nSPS) is 24.2. The van der Waals surface area contributed by atoms with Crippen LogP contribution in [0.15, 0.2) is 59.8 Å². The van der Waals surface area contributed by atoms with Gasteiger partial charge in [0.1, 0.15) is 5.82 Å². The number of carbonyl (C=O) groups is 1. The molecule has 0 radical (unpaired) electrons. The molecule has 1 unspecified atom stereocenters. The molecule has 1 aliphatic heterocycles. The zero-order chi connectivity index (χ0) is 21.1. The Morgan fingerprint density at radius 2 is 1.67 bits per heavy atom. The molecule has 0 spiro atoms. The molecule has 30 heavy (non-hydrogen) atoms. The van der Waals surface area contributed by atoms with Crippen molar-refractivity contribution >= 4 is 11.7 Å². The van der Waals surface area contributed by atoms with E-state index in [0.29, 0.717) is 17.9 Å². The molecular weight excluding hydrogens is 376 g/mol. The van der Waals surface area contributed by atoms with Crippen LogP contribution in [0.1, 0.15) is 42.9 Å². The van der Waals surface area contributed by atoms with Crippen LogP contribution in [-0.4, -0.2) is 36.4 Å². The third-order valence-electron chi connectivity index (χ3n) is 6.17. The highest BCUT2D eigenvalue weighted by atomic mass is 16.3. The van der Waals surface area contributed by atoms with Crippen molar-refractivity contribution in [3.63, 3.8) is 0 Å². The number of hydrogen-bond acceptors (Lipinski definition) is 5.